The molecular weight excluding hydrogens is 268 g/mol. The van der Waals surface area contributed by atoms with E-state index in [9.17, 15) is 9.59 Å². The lowest BCUT2D eigenvalue weighted by atomic mass is 9.80. The van der Waals surface area contributed by atoms with Gasteiger partial charge in [-0.05, 0) is 38.3 Å². The summed E-state index contributed by atoms with van der Waals surface area (Å²) in [5.74, 6) is -1.41. The first kappa shape index (κ1) is 18.0. The standard InChI is InChI=1S/C16H30N2O3/c1-5-21-15(20)13(16(2,3)4)14(19)17-9-12-18-10-7-6-8-11-18/h13H,5-12H2,1-4H3,(H,17,19). The lowest BCUT2D eigenvalue weighted by molar-refractivity contribution is -0.156. The first-order valence-corrected chi connectivity index (χ1v) is 8.03. The third-order valence-corrected chi connectivity index (χ3v) is 3.83. The highest BCUT2D eigenvalue weighted by Gasteiger charge is 2.38. The fraction of sp³-hybridized carbons (Fsp3) is 0.875. The van der Waals surface area contributed by atoms with Gasteiger partial charge in [0.2, 0.25) is 5.91 Å². The summed E-state index contributed by atoms with van der Waals surface area (Å²) in [6.07, 6.45) is 3.78. The molecule has 0 aromatic carbocycles. The third kappa shape index (κ3) is 6.04. The van der Waals surface area contributed by atoms with Crippen molar-refractivity contribution >= 4 is 11.9 Å². The van der Waals surface area contributed by atoms with Crippen LogP contribution >= 0.6 is 0 Å². The van der Waals surface area contributed by atoms with Gasteiger partial charge in [-0.25, -0.2) is 0 Å². The minimum Gasteiger partial charge on any atom is -0.465 e. The molecule has 1 amide bonds. The van der Waals surface area contributed by atoms with Crippen molar-refractivity contribution in [2.75, 3.05) is 32.8 Å². The van der Waals surface area contributed by atoms with Gasteiger partial charge in [-0.15, -0.1) is 0 Å². The predicted octanol–water partition coefficient (Wildman–Crippen LogP) is 1.81. The number of carbonyl (C=O) groups excluding carboxylic acids is 2. The minimum absolute atomic E-state index is 0.224. The SMILES string of the molecule is CCOC(=O)C(C(=O)NCCN1CCCCC1)C(C)(C)C. The molecule has 1 saturated heterocycles. The van der Waals surface area contributed by atoms with Crippen LogP contribution in [-0.2, 0) is 14.3 Å². The number of amides is 1. The van der Waals surface area contributed by atoms with Crippen molar-refractivity contribution in [3.05, 3.63) is 0 Å². The topological polar surface area (TPSA) is 58.6 Å². The number of nitrogens with one attached hydrogen (secondary N) is 1. The maximum atomic E-state index is 12.3. The normalized spacial score (nSPS) is 18.1. The molecule has 1 unspecified atom stereocenters. The molecule has 0 saturated carbocycles. The molecule has 1 aliphatic heterocycles. The molecule has 0 aliphatic carbocycles. The van der Waals surface area contributed by atoms with Crippen LogP contribution in [0, 0.1) is 11.3 Å². The van der Waals surface area contributed by atoms with Crippen LogP contribution in [0.5, 0.6) is 0 Å². The maximum absolute atomic E-state index is 12.3. The van der Waals surface area contributed by atoms with Gasteiger partial charge < -0.3 is 15.0 Å². The summed E-state index contributed by atoms with van der Waals surface area (Å²) in [5.41, 5.74) is -0.443. The van der Waals surface area contributed by atoms with Crippen molar-refractivity contribution in [3.8, 4) is 0 Å². The number of ether oxygens (including phenoxy) is 1. The van der Waals surface area contributed by atoms with E-state index in [4.69, 9.17) is 4.74 Å². The fourth-order valence-corrected chi connectivity index (χ4v) is 2.70. The molecule has 122 valence electrons. The van der Waals surface area contributed by atoms with Gasteiger partial charge in [0, 0.05) is 13.1 Å². The van der Waals surface area contributed by atoms with Crippen molar-refractivity contribution in [2.24, 2.45) is 11.3 Å². The molecule has 0 bridgehead atoms. The molecule has 5 heteroatoms. The maximum Gasteiger partial charge on any atom is 0.319 e. The Balaban J connectivity index is 2.46. The molecule has 0 radical (unpaired) electrons. The molecule has 5 nitrogen and oxygen atoms in total. The smallest absolute Gasteiger partial charge is 0.319 e. The van der Waals surface area contributed by atoms with Crippen LogP contribution in [-0.4, -0.2) is 49.6 Å². The highest BCUT2D eigenvalue weighted by atomic mass is 16.5. The van der Waals surface area contributed by atoms with E-state index < -0.39 is 17.3 Å². The van der Waals surface area contributed by atoms with Gasteiger partial charge in [-0.3, -0.25) is 9.59 Å². The average Bonchev–Trinajstić information content (AvgIpc) is 2.38. The highest BCUT2D eigenvalue weighted by Crippen LogP contribution is 2.27. The quantitative estimate of drug-likeness (QED) is 0.600. The largest absolute Gasteiger partial charge is 0.465 e. The molecule has 1 rings (SSSR count). The number of esters is 1. The molecule has 21 heavy (non-hydrogen) atoms. The first-order chi connectivity index (χ1) is 9.86. The van der Waals surface area contributed by atoms with Gasteiger partial charge >= 0.3 is 5.97 Å². The van der Waals surface area contributed by atoms with Gasteiger partial charge in [0.05, 0.1) is 6.61 Å². The highest BCUT2D eigenvalue weighted by molar-refractivity contribution is 5.98. The molecule has 1 atom stereocenters. The second kappa shape index (κ2) is 8.37. The Morgan fingerprint density at radius 1 is 1.19 bits per heavy atom. The molecule has 0 spiro atoms. The van der Waals surface area contributed by atoms with E-state index in [0.29, 0.717) is 13.2 Å². The molecule has 0 aromatic heterocycles. The van der Waals surface area contributed by atoms with E-state index >= 15 is 0 Å². The Morgan fingerprint density at radius 2 is 1.81 bits per heavy atom. The lowest BCUT2D eigenvalue weighted by Crippen LogP contribution is -2.46. The van der Waals surface area contributed by atoms with E-state index in [1.165, 1.54) is 19.3 Å². The average molecular weight is 298 g/mol. The summed E-state index contributed by atoms with van der Waals surface area (Å²) in [7, 11) is 0. The molecule has 0 aromatic rings. The van der Waals surface area contributed by atoms with Crippen molar-refractivity contribution in [1.29, 1.82) is 0 Å². The summed E-state index contributed by atoms with van der Waals surface area (Å²) in [5, 5.41) is 2.89. The Hall–Kier alpha value is -1.10. The third-order valence-electron chi connectivity index (χ3n) is 3.83. The lowest BCUT2D eigenvalue weighted by Gasteiger charge is -2.29. The van der Waals surface area contributed by atoms with Crippen LogP contribution in [0.15, 0.2) is 0 Å². The number of nitrogens with zero attached hydrogens (tertiary/aromatic N) is 1. The monoisotopic (exact) mass is 298 g/mol. The van der Waals surface area contributed by atoms with Crippen molar-refractivity contribution in [2.45, 2.75) is 47.0 Å². The van der Waals surface area contributed by atoms with Gasteiger partial charge in [-0.2, -0.15) is 0 Å². The molecule has 1 heterocycles. The van der Waals surface area contributed by atoms with E-state index in [2.05, 4.69) is 10.2 Å². The van der Waals surface area contributed by atoms with E-state index in [0.717, 1.165) is 19.6 Å². The number of hydrogen-bond acceptors (Lipinski definition) is 4. The molecule has 1 aliphatic rings. The number of rotatable bonds is 6. The Kier molecular flexibility index (Phi) is 7.15. The number of hydrogen-bond donors (Lipinski definition) is 1. The summed E-state index contributed by atoms with van der Waals surface area (Å²) in [4.78, 5) is 26.7. The van der Waals surface area contributed by atoms with Gasteiger partial charge in [0.25, 0.3) is 0 Å². The zero-order chi connectivity index (χ0) is 15.9. The van der Waals surface area contributed by atoms with Crippen LogP contribution in [0.4, 0.5) is 0 Å². The predicted molar refractivity (Wildman–Crippen MR) is 82.9 cm³/mol. The summed E-state index contributed by atoms with van der Waals surface area (Å²) < 4.78 is 5.04. The van der Waals surface area contributed by atoms with Gasteiger partial charge in [0.1, 0.15) is 5.92 Å². The van der Waals surface area contributed by atoms with Gasteiger partial charge in [-0.1, -0.05) is 27.2 Å². The zero-order valence-electron chi connectivity index (χ0n) is 13.9. The van der Waals surface area contributed by atoms with Crippen LogP contribution in [0.3, 0.4) is 0 Å². The van der Waals surface area contributed by atoms with Gasteiger partial charge in [0.15, 0.2) is 0 Å². The second-order valence-electron chi connectivity index (χ2n) is 6.74. The Bertz CT molecular complexity index is 344. The van der Waals surface area contributed by atoms with E-state index in [-0.39, 0.29) is 5.91 Å². The summed E-state index contributed by atoms with van der Waals surface area (Å²) in [6.45, 7) is 11.4. The number of likely N-dealkylation sites (tertiary alicyclic amines) is 1. The first-order valence-electron chi connectivity index (χ1n) is 8.03. The van der Waals surface area contributed by atoms with Crippen LogP contribution in [0.25, 0.3) is 0 Å². The van der Waals surface area contributed by atoms with E-state index in [1.54, 1.807) is 6.92 Å². The van der Waals surface area contributed by atoms with Crippen molar-refractivity contribution in [3.63, 3.8) is 0 Å². The molecule has 1 N–H and O–H groups in total. The van der Waals surface area contributed by atoms with Crippen LogP contribution < -0.4 is 5.32 Å². The van der Waals surface area contributed by atoms with Crippen LogP contribution in [0.2, 0.25) is 0 Å². The summed E-state index contributed by atoms with van der Waals surface area (Å²) >= 11 is 0. The number of piperidine rings is 1. The zero-order valence-corrected chi connectivity index (χ0v) is 13.9. The van der Waals surface area contributed by atoms with Crippen molar-refractivity contribution in [1.82, 2.24) is 10.2 Å². The minimum atomic E-state index is -0.751. The Morgan fingerprint density at radius 3 is 2.33 bits per heavy atom. The van der Waals surface area contributed by atoms with E-state index in [1.807, 2.05) is 20.8 Å². The summed E-state index contributed by atoms with van der Waals surface area (Å²) in [6, 6.07) is 0. The fourth-order valence-electron chi connectivity index (χ4n) is 2.70. The molecule has 1 fully saturated rings. The number of carbonyl (C=O) groups is 2. The van der Waals surface area contributed by atoms with Crippen LogP contribution in [0.1, 0.15) is 47.0 Å². The Labute approximate surface area is 128 Å². The molecular formula is C16H30N2O3. The van der Waals surface area contributed by atoms with Crippen molar-refractivity contribution < 1.29 is 14.3 Å². The second-order valence-corrected chi connectivity index (χ2v) is 6.74.